The van der Waals surface area contributed by atoms with Crippen molar-refractivity contribution in [3.8, 4) is 0 Å². The molecule has 0 saturated carbocycles. The van der Waals surface area contributed by atoms with Crippen molar-refractivity contribution in [3.63, 3.8) is 0 Å². The molecule has 0 aliphatic carbocycles. The Morgan fingerprint density at radius 3 is 2.50 bits per heavy atom. The van der Waals surface area contributed by atoms with Crippen LogP contribution in [0.1, 0.15) is 13.8 Å². The van der Waals surface area contributed by atoms with Gasteiger partial charge in [-0.1, -0.05) is 0 Å². The molecule has 2 heterocycles. The van der Waals surface area contributed by atoms with Gasteiger partial charge in [-0.25, -0.2) is 4.79 Å². The van der Waals surface area contributed by atoms with Gasteiger partial charge in [-0.05, 0) is 20.9 Å². The quantitative estimate of drug-likeness (QED) is 0.657. The van der Waals surface area contributed by atoms with Gasteiger partial charge in [0, 0.05) is 25.6 Å². The third-order valence-corrected chi connectivity index (χ3v) is 3.29. The maximum absolute atomic E-state index is 11.4. The summed E-state index contributed by atoms with van der Waals surface area (Å²) in [5.41, 5.74) is 0. The molecule has 14 heavy (non-hydrogen) atoms. The van der Waals surface area contributed by atoms with Crippen molar-refractivity contribution >= 4 is 6.09 Å². The minimum Gasteiger partial charge on any atom is -0.444 e. The molecule has 2 aliphatic rings. The van der Waals surface area contributed by atoms with Gasteiger partial charge in [0.05, 0.1) is 6.04 Å². The molecule has 2 aliphatic heterocycles. The molecule has 2 unspecified atom stereocenters. The average Bonchev–Trinajstić information content (AvgIpc) is 2.29. The van der Waals surface area contributed by atoms with Gasteiger partial charge in [0.1, 0.15) is 6.10 Å². The van der Waals surface area contributed by atoms with E-state index in [9.17, 15) is 4.79 Å². The zero-order valence-corrected chi connectivity index (χ0v) is 9.06. The molecule has 0 spiro atoms. The molecule has 0 aromatic rings. The van der Waals surface area contributed by atoms with Gasteiger partial charge in [-0.3, -0.25) is 0 Å². The first-order valence-corrected chi connectivity index (χ1v) is 5.23. The van der Waals surface area contributed by atoms with Gasteiger partial charge < -0.3 is 14.5 Å². The highest BCUT2D eigenvalue weighted by Gasteiger charge is 2.38. The lowest BCUT2D eigenvalue weighted by Gasteiger charge is -2.38. The van der Waals surface area contributed by atoms with Gasteiger partial charge in [0.25, 0.3) is 0 Å². The zero-order valence-electron chi connectivity index (χ0n) is 9.06. The number of hydrogen-bond acceptors (Lipinski definition) is 3. The summed E-state index contributed by atoms with van der Waals surface area (Å²) in [7, 11) is 2.10. The summed E-state index contributed by atoms with van der Waals surface area (Å²) in [6.07, 6.45) is -0.0974. The number of amides is 1. The first-order chi connectivity index (χ1) is 6.58. The lowest BCUT2D eigenvalue weighted by Crippen LogP contribution is -2.50. The molecule has 0 bridgehead atoms. The summed E-state index contributed by atoms with van der Waals surface area (Å²) in [6.45, 7) is 7.07. The molecule has 0 radical (unpaired) electrons. The topological polar surface area (TPSA) is 32.8 Å². The Bertz CT molecular complexity index is 238. The Kier molecular flexibility index (Phi) is 2.39. The Morgan fingerprint density at radius 2 is 2.07 bits per heavy atom. The van der Waals surface area contributed by atoms with Crippen molar-refractivity contribution in [1.29, 1.82) is 0 Å². The average molecular weight is 198 g/mol. The summed E-state index contributed by atoms with van der Waals surface area (Å²) in [4.78, 5) is 15.6. The van der Waals surface area contributed by atoms with E-state index >= 15 is 0 Å². The highest BCUT2D eigenvalue weighted by atomic mass is 16.6. The first kappa shape index (κ1) is 9.77. The summed E-state index contributed by atoms with van der Waals surface area (Å²) < 4.78 is 5.16. The van der Waals surface area contributed by atoms with E-state index in [0.717, 1.165) is 19.6 Å². The first-order valence-electron chi connectivity index (χ1n) is 5.23. The van der Waals surface area contributed by atoms with E-state index in [-0.39, 0.29) is 18.2 Å². The van der Waals surface area contributed by atoms with Crippen LogP contribution in [-0.4, -0.2) is 54.7 Å². The summed E-state index contributed by atoms with van der Waals surface area (Å²) >= 11 is 0. The van der Waals surface area contributed by atoms with Gasteiger partial charge in [-0.2, -0.15) is 0 Å². The molecular formula is C10H18N2O2. The van der Waals surface area contributed by atoms with Crippen molar-refractivity contribution in [3.05, 3.63) is 0 Å². The minimum absolute atomic E-state index is 0.0420. The predicted molar refractivity (Wildman–Crippen MR) is 53.1 cm³/mol. The number of nitrogens with zero attached hydrogens (tertiary/aromatic N) is 2. The molecule has 0 aromatic carbocycles. The van der Waals surface area contributed by atoms with Crippen LogP contribution in [0.3, 0.4) is 0 Å². The van der Waals surface area contributed by atoms with Crippen LogP contribution in [0.4, 0.5) is 4.79 Å². The Balaban J connectivity index is 1.88. The van der Waals surface area contributed by atoms with Crippen molar-refractivity contribution < 1.29 is 9.53 Å². The van der Waals surface area contributed by atoms with Crippen LogP contribution >= 0.6 is 0 Å². The minimum atomic E-state index is -0.139. The molecule has 80 valence electrons. The number of hydrogen-bond donors (Lipinski definition) is 0. The van der Waals surface area contributed by atoms with Crippen molar-refractivity contribution in [2.75, 3.05) is 26.7 Å². The monoisotopic (exact) mass is 198 g/mol. The third-order valence-electron chi connectivity index (χ3n) is 3.29. The fourth-order valence-electron chi connectivity index (χ4n) is 2.21. The number of carbonyl (C=O) groups is 1. The van der Waals surface area contributed by atoms with E-state index < -0.39 is 0 Å². The number of likely N-dealkylation sites (tertiary alicyclic amines) is 1. The molecule has 0 aromatic heterocycles. The van der Waals surface area contributed by atoms with Crippen LogP contribution in [-0.2, 0) is 4.74 Å². The second kappa shape index (κ2) is 3.42. The lowest BCUT2D eigenvalue weighted by atomic mass is 10.00. The van der Waals surface area contributed by atoms with Crippen molar-refractivity contribution in [1.82, 2.24) is 9.80 Å². The predicted octanol–water partition coefficient (Wildman–Crippen LogP) is 0.777. The summed E-state index contributed by atoms with van der Waals surface area (Å²) in [6, 6.07) is 0.230. The Hall–Kier alpha value is -0.770. The van der Waals surface area contributed by atoms with Crippen molar-refractivity contribution in [2.24, 2.45) is 5.92 Å². The second-order valence-electron chi connectivity index (χ2n) is 4.57. The van der Waals surface area contributed by atoms with Crippen LogP contribution in [0.5, 0.6) is 0 Å². The largest absolute Gasteiger partial charge is 0.444 e. The highest BCUT2D eigenvalue weighted by Crippen LogP contribution is 2.23. The molecule has 2 fully saturated rings. The molecule has 1 amide bonds. The molecule has 0 N–H and O–H groups in total. The normalized spacial score (nSPS) is 34.5. The zero-order chi connectivity index (χ0) is 10.3. The molecule has 2 atom stereocenters. The van der Waals surface area contributed by atoms with E-state index in [0.29, 0.717) is 5.92 Å². The van der Waals surface area contributed by atoms with Gasteiger partial charge in [0.15, 0.2) is 0 Å². The molecule has 4 nitrogen and oxygen atoms in total. The second-order valence-corrected chi connectivity index (χ2v) is 4.57. The standard InChI is InChI=1S/C10H18N2O2/c1-7-8(2)14-10(13)12(7)6-9-4-11(3)5-9/h7-9H,4-6H2,1-3H3. The third kappa shape index (κ3) is 1.59. The number of rotatable bonds is 2. The van der Waals surface area contributed by atoms with E-state index in [1.807, 2.05) is 11.8 Å². The van der Waals surface area contributed by atoms with Crippen LogP contribution in [0, 0.1) is 5.92 Å². The van der Waals surface area contributed by atoms with Crippen LogP contribution in [0.15, 0.2) is 0 Å². The van der Waals surface area contributed by atoms with Crippen LogP contribution in [0.2, 0.25) is 0 Å². The van der Waals surface area contributed by atoms with Crippen molar-refractivity contribution in [2.45, 2.75) is 26.0 Å². The molecule has 2 rings (SSSR count). The maximum Gasteiger partial charge on any atom is 0.410 e. The Morgan fingerprint density at radius 1 is 1.43 bits per heavy atom. The van der Waals surface area contributed by atoms with Crippen LogP contribution < -0.4 is 0 Å². The van der Waals surface area contributed by atoms with Gasteiger partial charge in [0.2, 0.25) is 0 Å². The van der Waals surface area contributed by atoms with Crippen LogP contribution in [0.25, 0.3) is 0 Å². The fraction of sp³-hybridized carbons (Fsp3) is 0.900. The highest BCUT2D eigenvalue weighted by molar-refractivity contribution is 5.70. The smallest absolute Gasteiger partial charge is 0.410 e. The van der Waals surface area contributed by atoms with E-state index in [4.69, 9.17) is 4.74 Å². The molecule has 4 heteroatoms. The fourth-order valence-corrected chi connectivity index (χ4v) is 2.21. The maximum atomic E-state index is 11.4. The molecular weight excluding hydrogens is 180 g/mol. The summed E-state index contributed by atoms with van der Waals surface area (Å²) in [5, 5.41) is 0. The van der Waals surface area contributed by atoms with E-state index in [2.05, 4.69) is 18.9 Å². The number of ether oxygens (including phenoxy) is 1. The number of carbonyl (C=O) groups excluding carboxylic acids is 1. The SMILES string of the molecule is CC1OC(=O)N(CC2CN(C)C2)C1C. The lowest BCUT2D eigenvalue weighted by molar-refractivity contribution is 0.0936. The molecule has 2 saturated heterocycles. The van der Waals surface area contributed by atoms with Gasteiger partial charge >= 0.3 is 6.09 Å². The van der Waals surface area contributed by atoms with E-state index in [1.165, 1.54) is 0 Å². The summed E-state index contributed by atoms with van der Waals surface area (Å²) in [5.74, 6) is 0.639. The Labute approximate surface area is 84.8 Å². The number of cyclic esters (lactones) is 1. The van der Waals surface area contributed by atoms with E-state index in [1.54, 1.807) is 0 Å². The van der Waals surface area contributed by atoms with Gasteiger partial charge in [-0.15, -0.1) is 0 Å².